The summed E-state index contributed by atoms with van der Waals surface area (Å²) in [4.78, 5) is 29.0. The van der Waals surface area contributed by atoms with Crippen molar-refractivity contribution in [3.63, 3.8) is 0 Å². The SMILES string of the molecule is COCCCOc1nc2c(cc1OC)-c1cc(=O)c(C(=O)O)cn1C1[C@@H]2CCC1(C)C. The maximum atomic E-state index is 12.5. The molecule has 1 aliphatic heterocycles. The Balaban J connectivity index is 1.88. The quantitative estimate of drug-likeness (QED) is 0.674. The molecule has 2 aromatic rings. The fourth-order valence-corrected chi connectivity index (χ4v) is 4.99. The van der Waals surface area contributed by atoms with Gasteiger partial charge in [0.05, 0.1) is 25.1 Å². The first-order chi connectivity index (χ1) is 14.8. The summed E-state index contributed by atoms with van der Waals surface area (Å²) in [7, 11) is 3.20. The summed E-state index contributed by atoms with van der Waals surface area (Å²) in [5, 5.41) is 9.50. The molecule has 0 saturated heterocycles. The number of methoxy groups -OCH3 is 2. The zero-order chi connectivity index (χ0) is 22.3. The van der Waals surface area contributed by atoms with Crippen LogP contribution in [0.1, 0.15) is 61.1 Å². The molecule has 1 aliphatic carbocycles. The van der Waals surface area contributed by atoms with E-state index in [1.165, 1.54) is 12.3 Å². The molecule has 166 valence electrons. The number of fused-ring (bicyclic) bond motifs is 6. The molecule has 2 aliphatic rings. The van der Waals surface area contributed by atoms with Crippen molar-refractivity contribution in [1.82, 2.24) is 9.55 Å². The number of pyridine rings is 2. The molecular weight excluding hydrogens is 400 g/mol. The van der Waals surface area contributed by atoms with Crippen molar-refractivity contribution in [3.05, 3.63) is 39.8 Å². The van der Waals surface area contributed by atoms with Crippen molar-refractivity contribution in [2.24, 2.45) is 5.41 Å². The predicted octanol–water partition coefficient (Wildman–Crippen LogP) is 3.49. The van der Waals surface area contributed by atoms with Crippen LogP contribution >= 0.6 is 0 Å². The van der Waals surface area contributed by atoms with Gasteiger partial charge in [-0.15, -0.1) is 0 Å². The number of carboxylic acids is 1. The topological polar surface area (TPSA) is 99.9 Å². The number of aromatic nitrogens is 2. The van der Waals surface area contributed by atoms with E-state index in [4.69, 9.17) is 19.2 Å². The largest absolute Gasteiger partial charge is 0.491 e. The van der Waals surface area contributed by atoms with Crippen LogP contribution in [0.3, 0.4) is 0 Å². The first-order valence-electron chi connectivity index (χ1n) is 10.5. The van der Waals surface area contributed by atoms with Gasteiger partial charge in [-0.1, -0.05) is 13.8 Å². The summed E-state index contributed by atoms with van der Waals surface area (Å²) in [6.45, 7) is 5.40. The highest BCUT2D eigenvalue weighted by atomic mass is 16.5. The Kier molecular flexibility index (Phi) is 5.51. The smallest absolute Gasteiger partial charge is 0.341 e. The first-order valence-corrected chi connectivity index (χ1v) is 10.5. The van der Waals surface area contributed by atoms with Gasteiger partial charge in [0.25, 0.3) is 5.88 Å². The van der Waals surface area contributed by atoms with E-state index in [9.17, 15) is 14.7 Å². The van der Waals surface area contributed by atoms with Crippen molar-refractivity contribution >= 4 is 5.97 Å². The molecule has 8 nitrogen and oxygen atoms in total. The van der Waals surface area contributed by atoms with E-state index < -0.39 is 11.4 Å². The van der Waals surface area contributed by atoms with E-state index >= 15 is 0 Å². The molecule has 0 radical (unpaired) electrons. The minimum Gasteiger partial charge on any atom is -0.491 e. The van der Waals surface area contributed by atoms with Crippen molar-refractivity contribution in [2.45, 2.75) is 45.1 Å². The fraction of sp³-hybridized carbons (Fsp3) is 0.522. The molecule has 4 rings (SSSR count). The van der Waals surface area contributed by atoms with Gasteiger partial charge in [0, 0.05) is 49.9 Å². The van der Waals surface area contributed by atoms with Crippen LogP contribution in [0.5, 0.6) is 11.6 Å². The number of ether oxygens (including phenoxy) is 3. The molecule has 0 spiro atoms. The van der Waals surface area contributed by atoms with E-state index in [1.807, 2.05) is 10.6 Å². The minimum absolute atomic E-state index is 0.00376. The number of carboxylic acid groups (broad SMARTS) is 1. The second-order valence-corrected chi connectivity index (χ2v) is 8.85. The van der Waals surface area contributed by atoms with Crippen LogP contribution in [-0.4, -0.2) is 48.1 Å². The molecule has 0 aromatic carbocycles. The molecule has 1 saturated carbocycles. The lowest BCUT2D eigenvalue weighted by Gasteiger charge is -2.39. The van der Waals surface area contributed by atoms with Crippen LogP contribution in [0.4, 0.5) is 0 Å². The van der Waals surface area contributed by atoms with Crippen LogP contribution in [0.15, 0.2) is 23.1 Å². The van der Waals surface area contributed by atoms with Gasteiger partial charge >= 0.3 is 5.97 Å². The van der Waals surface area contributed by atoms with Gasteiger partial charge < -0.3 is 23.9 Å². The van der Waals surface area contributed by atoms with Crippen LogP contribution < -0.4 is 14.9 Å². The van der Waals surface area contributed by atoms with Crippen LogP contribution in [0.2, 0.25) is 0 Å². The second kappa shape index (κ2) is 8.00. The standard InChI is InChI=1S/C23H28N2O6/c1-23(2)7-6-13-19-14(10-18(30-4)21(24-19)31-9-5-8-29-3)16-11-17(26)15(22(27)28)12-25(16)20(13)23/h10-13,20H,5-9H2,1-4H3,(H,27,28)/t13-,20?/m1/s1. The first kappa shape index (κ1) is 21.4. The Morgan fingerprint density at radius 2 is 2.06 bits per heavy atom. The number of aromatic carboxylic acids is 1. The maximum absolute atomic E-state index is 12.5. The zero-order valence-electron chi connectivity index (χ0n) is 18.3. The van der Waals surface area contributed by atoms with Gasteiger partial charge in [-0.3, -0.25) is 4.79 Å². The number of rotatable bonds is 7. The van der Waals surface area contributed by atoms with Gasteiger partial charge in [0.2, 0.25) is 0 Å². The van der Waals surface area contributed by atoms with Gasteiger partial charge in [-0.2, -0.15) is 0 Å². The highest BCUT2D eigenvalue weighted by Gasteiger charge is 2.48. The molecule has 3 heterocycles. The Labute approximate surface area is 180 Å². The number of hydrogen-bond acceptors (Lipinski definition) is 6. The number of hydrogen-bond donors (Lipinski definition) is 1. The summed E-state index contributed by atoms with van der Waals surface area (Å²) in [6.07, 6.45) is 4.11. The van der Waals surface area contributed by atoms with E-state index in [0.717, 1.165) is 30.5 Å². The lowest BCUT2D eigenvalue weighted by Crippen LogP contribution is -2.32. The highest BCUT2D eigenvalue weighted by Crippen LogP contribution is 2.59. The van der Waals surface area contributed by atoms with Gasteiger partial charge in [-0.05, 0) is 24.3 Å². The third kappa shape index (κ3) is 3.59. The fourth-order valence-electron chi connectivity index (χ4n) is 4.99. The van der Waals surface area contributed by atoms with Crippen LogP contribution in [0.25, 0.3) is 11.3 Å². The molecule has 0 amide bonds. The third-order valence-corrected chi connectivity index (χ3v) is 6.45. The molecule has 8 heteroatoms. The molecular formula is C23H28N2O6. The molecule has 1 fully saturated rings. The average molecular weight is 428 g/mol. The van der Waals surface area contributed by atoms with Crippen LogP contribution in [0, 0.1) is 5.41 Å². The third-order valence-electron chi connectivity index (χ3n) is 6.45. The van der Waals surface area contributed by atoms with Crippen molar-refractivity contribution < 1.29 is 24.1 Å². The maximum Gasteiger partial charge on any atom is 0.341 e. The minimum atomic E-state index is -1.21. The normalized spacial score (nSPS) is 20.5. The summed E-state index contributed by atoms with van der Waals surface area (Å²) in [5.74, 6) is -0.213. The molecule has 2 aromatic heterocycles. The molecule has 1 N–H and O–H groups in total. The predicted molar refractivity (Wildman–Crippen MR) is 114 cm³/mol. The Morgan fingerprint density at radius 1 is 1.29 bits per heavy atom. The molecule has 1 unspecified atom stereocenters. The highest BCUT2D eigenvalue weighted by molar-refractivity contribution is 5.87. The van der Waals surface area contributed by atoms with E-state index in [-0.39, 0.29) is 22.9 Å². The lowest BCUT2D eigenvalue weighted by molar-refractivity contribution is 0.0693. The monoisotopic (exact) mass is 428 g/mol. The lowest BCUT2D eigenvalue weighted by atomic mass is 9.79. The van der Waals surface area contributed by atoms with Gasteiger partial charge in [0.1, 0.15) is 5.56 Å². The number of nitrogens with zero attached hydrogens (tertiary/aromatic N) is 2. The second-order valence-electron chi connectivity index (χ2n) is 8.85. The van der Waals surface area contributed by atoms with Crippen molar-refractivity contribution in [3.8, 4) is 22.9 Å². The van der Waals surface area contributed by atoms with Gasteiger partial charge in [0.15, 0.2) is 11.2 Å². The van der Waals surface area contributed by atoms with Crippen molar-refractivity contribution in [2.75, 3.05) is 27.4 Å². The number of carbonyl (C=O) groups is 1. The van der Waals surface area contributed by atoms with Crippen LogP contribution in [-0.2, 0) is 4.74 Å². The molecule has 2 atom stereocenters. The van der Waals surface area contributed by atoms with E-state index in [2.05, 4.69) is 13.8 Å². The van der Waals surface area contributed by atoms with Crippen molar-refractivity contribution in [1.29, 1.82) is 0 Å². The average Bonchev–Trinajstić information content (AvgIpc) is 3.05. The molecule has 31 heavy (non-hydrogen) atoms. The zero-order valence-corrected chi connectivity index (χ0v) is 18.3. The van der Waals surface area contributed by atoms with Gasteiger partial charge in [-0.25, -0.2) is 9.78 Å². The summed E-state index contributed by atoms with van der Waals surface area (Å²) in [5.41, 5.74) is 1.51. The summed E-state index contributed by atoms with van der Waals surface area (Å²) >= 11 is 0. The molecule has 0 bridgehead atoms. The van der Waals surface area contributed by atoms with E-state index in [0.29, 0.717) is 30.5 Å². The summed E-state index contributed by atoms with van der Waals surface area (Å²) < 4.78 is 18.5. The Morgan fingerprint density at radius 3 is 2.74 bits per heavy atom. The summed E-state index contributed by atoms with van der Waals surface area (Å²) in [6, 6.07) is 3.25. The Hall–Kier alpha value is -2.87. The Bertz CT molecular complexity index is 1070. The van der Waals surface area contributed by atoms with E-state index in [1.54, 1.807) is 14.2 Å².